The van der Waals surface area contributed by atoms with Crippen LogP contribution in [0.1, 0.15) is 16.7 Å². The quantitative estimate of drug-likeness (QED) is 0.512. The molecule has 0 saturated carbocycles. The number of ether oxygens (including phenoxy) is 1. The monoisotopic (exact) mass is 518 g/mol. The van der Waals surface area contributed by atoms with Gasteiger partial charge in [-0.1, -0.05) is 12.1 Å². The van der Waals surface area contributed by atoms with E-state index in [-0.39, 0.29) is 30.9 Å². The third kappa shape index (κ3) is 4.71. The number of methoxy groups -OCH3 is 1. The van der Waals surface area contributed by atoms with E-state index in [1.165, 1.54) is 23.9 Å². The maximum Gasteiger partial charge on any atom is 0.416 e. The van der Waals surface area contributed by atoms with Gasteiger partial charge in [-0.25, -0.2) is 0 Å². The number of likely N-dealkylation sites (tertiary alicyclic amines) is 1. The number of amidine groups is 1. The molecule has 0 radical (unpaired) electrons. The fourth-order valence-corrected chi connectivity index (χ4v) is 5.11. The number of aliphatic imine (C=N–C) groups is 1. The molecule has 0 bridgehead atoms. The SMILES string of the molecule is COc1ccc(Cn2ncc3cc(C=C4SC(N5C[C@@H](O)[C@H](O)C5)=NC4=O)ccc32)c(C(F)(F)F)c1. The lowest BCUT2D eigenvalue weighted by molar-refractivity contribution is -0.138. The van der Waals surface area contributed by atoms with Crippen molar-refractivity contribution < 1.29 is 32.9 Å². The highest BCUT2D eigenvalue weighted by Gasteiger charge is 2.36. The first-order valence-electron chi connectivity index (χ1n) is 11.0. The summed E-state index contributed by atoms with van der Waals surface area (Å²) in [6.45, 7) is 0.313. The Balaban J connectivity index is 1.37. The van der Waals surface area contributed by atoms with Crippen LogP contribution in [0.5, 0.6) is 5.75 Å². The molecule has 8 nitrogen and oxygen atoms in total. The zero-order valence-electron chi connectivity index (χ0n) is 18.9. The van der Waals surface area contributed by atoms with Gasteiger partial charge >= 0.3 is 6.18 Å². The number of rotatable bonds is 4. The summed E-state index contributed by atoms with van der Waals surface area (Å²) in [7, 11) is 1.31. The Labute approximate surface area is 207 Å². The number of hydrogen-bond donors (Lipinski definition) is 2. The van der Waals surface area contributed by atoms with Crippen LogP contribution in [0.25, 0.3) is 17.0 Å². The van der Waals surface area contributed by atoms with Crippen LogP contribution in [0, 0.1) is 0 Å². The van der Waals surface area contributed by atoms with Gasteiger partial charge in [0.1, 0.15) is 5.75 Å². The number of carbonyl (C=O) groups excluding carboxylic acids is 1. The Bertz CT molecular complexity index is 1390. The van der Waals surface area contributed by atoms with Gasteiger partial charge in [0.25, 0.3) is 5.91 Å². The molecule has 5 rings (SSSR count). The second-order valence-electron chi connectivity index (χ2n) is 8.49. The minimum Gasteiger partial charge on any atom is -0.497 e. The summed E-state index contributed by atoms with van der Waals surface area (Å²) < 4.78 is 47.2. The second kappa shape index (κ2) is 9.26. The van der Waals surface area contributed by atoms with Crippen LogP contribution in [-0.2, 0) is 17.5 Å². The Kier molecular flexibility index (Phi) is 6.27. The minimum atomic E-state index is -4.54. The third-order valence-electron chi connectivity index (χ3n) is 6.04. The van der Waals surface area contributed by atoms with Gasteiger partial charge in [0.05, 0.1) is 48.0 Å². The third-order valence-corrected chi connectivity index (χ3v) is 7.09. The second-order valence-corrected chi connectivity index (χ2v) is 9.50. The van der Waals surface area contributed by atoms with Gasteiger partial charge < -0.3 is 19.8 Å². The van der Waals surface area contributed by atoms with Crippen LogP contribution in [0.15, 0.2) is 52.5 Å². The van der Waals surface area contributed by atoms with Gasteiger partial charge in [-0.3, -0.25) is 9.48 Å². The molecule has 2 N–H and O–H groups in total. The summed E-state index contributed by atoms with van der Waals surface area (Å²) in [6.07, 6.45) is -3.08. The predicted molar refractivity (Wildman–Crippen MR) is 128 cm³/mol. The van der Waals surface area contributed by atoms with Crippen LogP contribution in [-0.4, -0.2) is 68.4 Å². The van der Waals surface area contributed by atoms with E-state index in [1.54, 1.807) is 35.4 Å². The summed E-state index contributed by atoms with van der Waals surface area (Å²) in [5, 5.41) is 24.9. The Morgan fingerprint density at radius 3 is 2.61 bits per heavy atom. The molecule has 3 aromatic rings. The van der Waals surface area contributed by atoms with Gasteiger partial charge in [0.15, 0.2) is 5.17 Å². The van der Waals surface area contributed by atoms with Crippen LogP contribution in [0.4, 0.5) is 13.2 Å². The summed E-state index contributed by atoms with van der Waals surface area (Å²) in [5.74, 6) is -0.293. The normalized spacial score (nSPS) is 21.6. The Morgan fingerprint density at radius 2 is 1.92 bits per heavy atom. The highest BCUT2D eigenvalue weighted by Crippen LogP contribution is 2.35. The van der Waals surface area contributed by atoms with E-state index in [2.05, 4.69) is 10.1 Å². The molecule has 1 amide bonds. The molecular formula is C24H21F3N4O4S. The lowest BCUT2D eigenvalue weighted by Gasteiger charge is -2.15. The molecule has 188 valence electrons. The van der Waals surface area contributed by atoms with E-state index in [4.69, 9.17) is 4.74 Å². The Hall–Kier alpha value is -3.35. The van der Waals surface area contributed by atoms with Crippen molar-refractivity contribution in [1.82, 2.24) is 14.7 Å². The standard InChI is InChI=1S/C24H21F3N4O4S/c1-35-16-4-3-14(17(8-16)24(25,26)27)10-31-18-5-2-13(6-15(18)9-28-31)7-21-22(34)29-23(36-21)30-11-19(32)20(33)12-30/h2-9,19-20,32-33H,10-12H2,1H3/t19-,20-/m1/s1. The molecule has 1 fully saturated rings. The predicted octanol–water partition coefficient (Wildman–Crippen LogP) is 3.12. The number of hydrogen-bond acceptors (Lipinski definition) is 7. The van der Waals surface area contributed by atoms with Crippen molar-refractivity contribution in [2.24, 2.45) is 4.99 Å². The van der Waals surface area contributed by atoms with E-state index in [9.17, 15) is 28.2 Å². The number of β-amino-alcohol motifs (C(OH)–C–C–N with tert-alkyl or cyclic N) is 2. The lowest BCUT2D eigenvalue weighted by Crippen LogP contribution is -2.26. The zero-order chi connectivity index (χ0) is 25.6. The number of nitrogens with zero attached hydrogens (tertiary/aromatic N) is 4. The molecule has 12 heteroatoms. The van der Waals surface area contributed by atoms with E-state index in [0.29, 0.717) is 26.5 Å². The number of aromatic nitrogens is 2. The number of thioether (sulfide) groups is 1. The maximum absolute atomic E-state index is 13.6. The highest BCUT2D eigenvalue weighted by atomic mass is 32.2. The first-order chi connectivity index (χ1) is 17.1. The van der Waals surface area contributed by atoms with Crippen molar-refractivity contribution in [1.29, 1.82) is 0 Å². The number of carbonyl (C=O) groups is 1. The van der Waals surface area contributed by atoms with Crippen molar-refractivity contribution in [2.75, 3.05) is 20.2 Å². The number of halogens is 3. The molecular weight excluding hydrogens is 497 g/mol. The fraction of sp³-hybridized carbons (Fsp3) is 0.292. The number of fused-ring (bicyclic) bond motifs is 1. The van der Waals surface area contributed by atoms with E-state index in [0.717, 1.165) is 17.8 Å². The van der Waals surface area contributed by atoms with Gasteiger partial charge in [-0.15, -0.1) is 0 Å². The average Bonchev–Trinajstić information content (AvgIpc) is 3.51. The van der Waals surface area contributed by atoms with Crippen molar-refractivity contribution in [3.8, 4) is 5.75 Å². The van der Waals surface area contributed by atoms with E-state index < -0.39 is 29.9 Å². The molecule has 36 heavy (non-hydrogen) atoms. The smallest absolute Gasteiger partial charge is 0.416 e. The first kappa shape index (κ1) is 24.3. The van der Waals surface area contributed by atoms with E-state index >= 15 is 0 Å². The molecule has 0 unspecified atom stereocenters. The highest BCUT2D eigenvalue weighted by molar-refractivity contribution is 8.18. The molecule has 2 aliphatic rings. The van der Waals surface area contributed by atoms with E-state index in [1.807, 2.05) is 0 Å². The molecule has 1 saturated heterocycles. The summed E-state index contributed by atoms with van der Waals surface area (Å²) >= 11 is 1.16. The van der Waals surface area contributed by atoms with Crippen molar-refractivity contribution in [3.63, 3.8) is 0 Å². The summed E-state index contributed by atoms with van der Waals surface area (Å²) in [5.41, 5.74) is 0.631. The molecule has 0 spiro atoms. The maximum atomic E-state index is 13.6. The van der Waals surface area contributed by atoms with Crippen LogP contribution in [0.2, 0.25) is 0 Å². The van der Waals surface area contributed by atoms with Gasteiger partial charge in [-0.2, -0.15) is 23.3 Å². The number of benzene rings is 2. The van der Waals surface area contributed by atoms with Gasteiger partial charge in [0, 0.05) is 18.5 Å². The largest absolute Gasteiger partial charge is 0.497 e. The summed E-state index contributed by atoms with van der Waals surface area (Å²) in [6, 6.07) is 9.12. The minimum absolute atomic E-state index is 0.0641. The van der Waals surface area contributed by atoms with Crippen molar-refractivity contribution >= 4 is 39.8 Å². The van der Waals surface area contributed by atoms with Gasteiger partial charge in [0.2, 0.25) is 0 Å². The average molecular weight is 519 g/mol. The van der Waals surface area contributed by atoms with Crippen molar-refractivity contribution in [2.45, 2.75) is 24.9 Å². The topological polar surface area (TPSA) is 100 Å². The van der Waals surface area contributed by atoms with Crippen LogP contribution >= 0.6 is 11.8 Å². The molecule has 2 aliphatic heterocycles. The molecule has 2 atom stereocenters. The number of aliphatic hydroxyl groups is 2. The molecule has 0 aliphatic carbocycles. The molecule has 2 aromatic carbocycles. The van der Waals surface area contributed by atoms with Crippen LogP contribution < -0.4 is 4.74 Å². The van der Waals surface area contributed by atoms with Crippen LogP contribution in [0.3, 0.4) is 0 Å². The van der Waals surface area contributed by atoms with Gasteiger partial charge in [-0.05, 0) is 53.2 Å². The number of aliphatic hydroxyl groups excluding tert-OH is 2. The molecule has 3 heterocycles. The molecule has 1 aromatic heterocycles. The Morgan fingerprint density at radius 1 is 1.17 bits per heavy atom. The summed E-state index contributed by atoms with van der Waals surface area (Å²) in [4.78, 5) is 18.5. The van der Waals surface area contributed by atoms with Crippen molar-refractivity contribution in [3.05, 3.63) is 64.2 Å². The lowest BCUT2D eigenvalue weighted by atomic mass is 10.1. The number of alkyl halides is 3. The zero-order valence-corrected chi connectivity index (χ0v) is 19.8. The fourth-order valence-electron chi connectivity index (χ4n) is 4.18. The number of amides is 1. The first-order valence-corrected chi connectivity index (χ1v) is 11.8.